The van der Waals surface area contributed by atoms with Crippen LogP contribution in [0.2, 0.25) is 0 Å². The van der Waals surface area contributed by atoms with Gasteiger partial charge in [0.15, 0.2) is 11.6 Å². The van der Waals surface area contributed by atoms with Crippen LogP contribution >= 0.6 is 0 Å². The number of rotatable bonds is 7. The van der Waals surface area contributed by atoms with Gasteiger partial charge in [0, 0.05) is 24.3 Å². The molecule has 0 aliphatic rings. The third-order valence-electron chi connectivity index (χ3n) is 3.46. The quantitative estimate of drug-likeness (QED) is 0.825. The number of benzene rings is 1. The highest BCUT2D eigenvalue weighted by Crippen LogP contribution is 2.25. The van der Waals surface area contributed by atoms with Gasteiger partial charge in [-0.15, -0.1) is 0 Å². The fourth-order valence-corrected chi connectivity index (χ4v) is 2.11. The summed E-state index contributed by atoms with van der Waals surface area (Å²) in [7, 11) is 0. The minimum Gasteiger partial charge on any atom is -0.436 e. The molecule has 0 bridgehead atoms. The Hall–Kier alpha value is -1.94. The van der Waals surface area contributed by atoms with Crippen molar-refractivity contribution in [1.29, 1.82) is 0 Å². The summed E-state index contributed by atoms with van der Waals surface area (Å²) in [5.41, 5.74) is 0.924. The zero-order chi connectivity index (χ0) is 15.1. The van der Waals surface area contributed by atoms with Gasteiger partial charge in [-0.1, -0.05) is 32.0 Å². The van der Waals surface area contributed by atoms with Crippen molar-refractivity contribution >= 4 is 0 Å². The molecule has 0 amide bonds. The van der Waals surface area contributed by atoms with Gasteiger partial charge >= 0.3 is 0 Å². The minimum atomic E-state index is -0.387. The number of halogens is 1. The van der Waals surface area contributed by atoms with Gasteiger partial charge in [-0.25, -0.2) is 9.37 Å². The van der Waals surface area contributed by atoms with E-state index in [1.165, 1.54) is 6.07 Å². The molecule has 1 N–H and O–H groups in total. The first kappa shape index (κ1) is 15.4. The Bertz CT molecular complexity index is 570. The molecule has 21 heavy (non-hydrogen) atoms. The Morgan fingerprint density at radius 1 is 1.14 bits per heavy atom. The van der Waals surface area contributed by atoms with E-state index < -0.39 is 0 Å². The van der Waals surface area contributed by atoms with Crippen LogP contribution in [0.4, 0.5) is 4.39 Å². The van der Waals surface area contributed by atoms with Crippen LogP contribution in [0.25, 0.3) is 0 Å². The third kappa shape index (κ3) is 4.26. The lowest BCUT2D eigenvalue weighted by molar-refractivity contribution is 0.415. The first-order valence-electron chi connectivity index (χ1n) is 7.34. The van der Waals surface area contributed by atoms with Crippen LogP contribution in [-0.4, -0.2) is 11.0 Å². The van der Waals surface area contributed by atoms with Gasteiger partial charge in [-0.3, -0.25) is 0 Å². The largest absolute Gasteiger partial charge is 0.436 e. The number of ether oxygens (including phenoxy) is 1. The van der Waals surface area contributed by atoms with Gasteiger partial charge in [-0.2, -0.15) is 0 Å². The highest BCUT2D eigenvalue weighted by molar-refractivity contribution is 5.33. The summed E-state index contributed by atoms with van der Waals surface area (Å²) in [5.74, 6) is 0.253. The lowest BCUT2D eigenvalue weighted by atomic mass is 10.1. The fourth-order valence-electron chi connectivity index (χ4n) is 2.11. The normalized spacial score (nSPS) is 10.9. The van der Waals surface area contributed by atoms with Crippen molar-refractivity contribution < 1.29 is 9.13 Å². The summed E-state index contributed by atoms with van der Waals surface area (Å²) in [5, 5.41) is 3.46. The van der Waals surface area contributed by atoms with Gasteiger partial charge < -0.3 is 10.1 Å². The monoisotopic (exact) mass is 288 g/mol. The Morgan fingerprint density at radius 3 is 2.62 bits per heavy atom. The average molecular weight is 288 g/mol. The first-order chi connectivity index (χ1) is 10.2. The van der Waals surface area contributed by atoms with Gasteiger partial charge in [0.2, 0.25) is 5.88 Å². The number of nitrogens with zero attached hydrogens (tertiary/aromatic N) is 1. The molecule has 0 radical (unpaired) electrons. The summed E-state index contributed by atoms with van der Waals surface area (Å²) in [6.07, 6.45) is 3.79. The van der Waals surface area contributed by atoms with Crippen LogP contribution in [-0.2, 0) is 6.54 Å². The lowest BCUT2D eigenvalue weighted by Gasteiger charge is -2.16. The van der Waals surface area contributed by atoms with Crippen molar-refractivity contribution in [3.8, 4) is 11.6 Å². The van der Waals surface area contributed by atoms with Crippen LogP contribution in [0.15, 0.2) is 42.6 Å². The molecule has 1 aromatic heterocycles. The van der Waals surface area contributed by atoms with E-state index in [0.717, 1.165) is 18.4 Å². The second-order valence-electron chi connectivity index (χ2n) is 4.89. The standard InChI is InChI=1S/C17H21FN2O/c1-3-14(4-2)20-12-13-8-7-11-19-17(13)21-16-10-6-5-9-15(16)18/h5-11,14,20H,3-4,12H2,1-2H3. The Kier molecular flexibility index (Phi) is 5.69. The smallest absolute Gasteiger partial charge is 0.223 e. The molecule has 112 valence electrons. The van der Waals surface area contributed by atoms with E-state index in [1.807, 2.05) is 12.1 Å². The van der Waals surface area contributed by atoms with E-state index in [4.69, 9.17) is 4.74 Å². The lowest BCUT2D eigenvalue weighted by Crippen LogP contribution is -2.27. The molecular weight excluding hydrogens is 267 g/mol. The molecule has 2 aromatic rings. The van der Waals surface area contributed by atoms with Crippen LogP contribution in [0.3, 0.4) is 0 Å². The second kappa shape index (κ2) is 7.74. The molecule has 0 aliphatic carbocycles. The summed E-state index contributed by atoms with van der Waals surface area (Å²) >= 11 is 0. The predicted octanol–water partition coefficient (Wildman–Crippen LogP) is 4.29. The molecule has 0 atom stereocenters. The van der Waals surface area contributed by atoms with Crippen LogP contribution in [0.1, 0.15) is 32.3 Å². The Labute approximate surface area is 125 Å². The molecule has 0 saturated heterocycles. The molecule has 0 unspecified atom stereocenters. The number of nitrogens with one attached hydrogen (secondary N) is 1. The Morgan fingerprint density at radius 2 is 1.90 bits per heavy atom. The molecule has 1 aromatic carbocycles. The molecule has 3 nitrogen and oxygen atoms in total. The van der Waals surface area contributed by atoms with Crippen molar-refractivity contribution in [3.63, 3.8) is 0 Å². The zero-order valence-electron chi connectivity index (χ0n) is 12.5. The average Bonchev–Trinajstić information content (AvgIpc) is 2.52. The summed E-state index contributed by atoms with van der Waals surface area (Å²) < 4.78 is 19.3. The van der Waals surface area contributed by atoms with Crippen LogP contribution < -0.4 is 10.1 Å². The van der Waals surface area contributed by atoms with E-state index in [2.05, 4.69) is 24.1 Å². The molecule has 0 spiro atoms. The minimum absolute atomic E-state index is 0.194. The number of hydrogen-bond acceptors (Lipinski definition) is 3. The zero-order valence-corrected chi connectivity index (χ0v) is 12.5. The number of para-hydroxylation sites is 1. The summed E-state index contributed by atoms with van der Waals surface area (Å²) in [4.78, 5) is 4.22. The van der Waals surface area contributed by atoms with Crippen molar-refractivity contribution in [2.75, 3.05) is 0 Å². The van der Waals surface area contributed by atoms with E-state index in [9.17, 15) is 4.39 Å². The highest BCUT2D eigenvalue weighted by atomic mass is 19.1. The summed E-state index contributed by atoms with van der Waals surface area (Å²) in [6, 6.07) is 10.6. The number of aromatic nitrogens is 1. The van der Waals surface area contributed by atoms with Crippen molar-refractivity contribution in [1.82, 2.24) is 10.3 Å². The summed E-state index contributed by atoms with van der Waals surface area (Å²) in [6.45, 7) is 4.96. The van der Waals surface area contributed by atoms with Crippen molar-refractivity contribution in [2.24, 2.45) is 0 Å². The second-order valence-corrected chi connectivity index (χ2v) is 4.89. The van der Waals surface area contributed by atoms with Gasteiger partial charge in [0.25, 0.3) is 0 Å². The third-order valence-corrected chi connectivity index (χ3v) is 3.46. The van der Waals surface area contributed by atoms with E-state index in [1.54, 1.807) is 24.4 Å². The van der Waals surface area contributed by atoms with Crippen molar-refractivity contribution in [2.45, 2.75) is 39.3 Å². The van der Waals surface area contributed by atoms with Gasteiger partial charge in [0.1, 0.15) is 0 Å². The SMILES string of the molecule is CCC(CC)NCc1cccnc1Oc1ccccc1F. The van der Waals surface area contributed by atoms with Crippen LogP contribution in [0.5, 0.6) is 11.6 Å². The molecular formula is C17H21FN2O. The molecule has 0 aliphatic heterocycles. The Balaban J connectivity index is 2.12. The highest BCUT2D eigenvalue weighted by Gasteiger charge is 2.10. The number of pyridine rings is 1. The topological polar surface area (TPSA) is 34.2 Å². The molecule has 4 heteroatoms. The molecule has 1 heterocycles. The fraction of sp³-hybridized carbons (Fsp3) is 0.353. The van der Waals surface area contributed by atoms with Gasteiger partial charge in [-0.05, 0) is 31.0 Å². The maximum atomic E-state index is 13.7. The van der Waals surface area contributed by atoms with E-state index in [-0.39, 0.29) is 11.6 Å². The molecule has 0 fully saturated rings. The maximum Gasteiger partial charge on any atom is 0.223 e. The van der Waals surface area contributed by atoms with Crippen LogP contribution in [0, 0.1) is 5.82 Å². The van der Waals surface area contributed by atoms with E-state index in [0.29, 0.717) is 18.5 Å². The molecule has 0 saturated carbocycles. The molecule has 2 rings (SSSR count). The predicted molar refractivity (Wildman–Crippen MR) is 81.9 cm³/mol. The first-order valence-corrected chi connectivity index (χ1v) is 7.34. The number of hydrogen-bond donors (Lipinski definition) is 1. The van der Waals surface area contributed by atoms with E-state index >= 15 is 0 Å². The van der Waals surface area contributed by atoms with Crippen molar-refractivity contribution in [3.05, 3.63) is 54.0 Å². The van der Waals surface area contributed by atoms with Gasteiger partial charge in [0.05, 0.1) is 0 Å². The maximum absolute atomic E-state index is 13.7.